The standard InChI is InChI=1S/C25H29ClN6O3.C14H17ClN2O2S/c1-25(2,3)35-24(33)31-14-17-13-18(26)7-10-20(17)32-21(15-31)29-30-22(32)16-5-8-19(9-6-16)34-23-27-11-4-12-28-23;1-14(2,3)19-13(18)17-7-9-6-10(15)4-5-11(9)16-12(20)8-17/h4,7,10-13,16,19H,5-6,8-9,14-15H2,1-3H3;4-6H,7-8H2,1-3H3,(H,16,20). The Bertz CT molecular complexity index is 2030. The summed E-state index contributed by atoms with van der Waals surface area (Å²) in [5.41, 5.74) is 2.56. The minimum absolute atomic E-state index is 0.0777. The van der Waals surface area contributed by atoms with Gasteiger partial charge in [0, 0.05) is 34.0 Å². The first-order valence-corrected chi connectivity index (χ1v) is 19.4. The van der Waals surface area contributed by atoms with Gasteiger partial charge in [-0.1, -0.05) is 35.4 Å². The van der Waals surface area contributed by atoms with E-state index in [9.17, 15) is 9.59 Å². The third-order valence-corrected chi connectivity index (χ3v) is 9.63. The van der Waals surface area contributed by atoms with Crippen molar-refractivity contribution in [2.24, 2.45) is 0 Å². The van der Waals surface area contributed by atoms with Crippen LogP contribution in [-0.2, 0) is 29.1 Å². The Hall–Kier alpha value is -4.53. The van der Waals surface area contributed by atoms with Crippen LogP contribution in [0.4, 0.5) is 15.3 Å². The number of carbonyl (C=O) groups excluding carboxylic acids is 2. The number of hydrogen-bond donors (Lipinski definition) is 1. The lowest BCUT2D eigenvalue weighted by Crippen LogP contribution is -2.38. The molecule has 2 amide bonds. The monoisotopic (exact) mass is 808 g/mol. The van der Waals surface area contributed by atoms with Crippen molar-refractivity contribution in [1.82, 2.24) is 34.5 Å². The maximum atomic E-state index is 13.0. The lowest BCUT2D eigenvalue weighted by molar-refractivity contribution is 0.0212. The molecule has 13 nitrogen and oxygen atoms in total. The summed E-state index contributed by atoms with van der Waals surface area (Å²) in [5.74, 6) is 1.84. The van der Waals surface area contributed by atoms with Gasteiger partial charge in [-0.25, -0.2) is 19.6 Å². The van der Waals surface area contributed by atoms with E-state index in [2.05, 4.69) is 30.0 Å². The maximum absolute atomic E-state index is 13.0. The fourth-order valence-electron chi connectivity index (χ4n) is 6.58. The molecule has 3 aliphatic rings. The van der Waals surface area contributed by atoms with Crippen molar-refractivity contribution in [1.29, 1.82) is 0 Å². The number of nitrogens with one attached hydrogen (secondary N) is 1. The molecule has 55 heavy (non-hydrogen) atoms. The molecule has 1 fully saturated rings. The molecule has 16 heteroatoms. The number of aromatic nitrogens is 5. The third kappa shape index (κ3) is 10.6. The number of amides is 2. The Morgan fingerprint density at radius 3 is 2.00 bits per heavy atom. The van der Waals surface area contributed by atoms with Crippen molar-refractivity contribution in [3.63, 3.8) is 0 Å². The second kappa shape index (κ2) is 16.7. The number of nitrogens with zero attached hydrogens (tertiary/aromatic N) is 7. The normalized spacial score (nSPS) is 18.2. The van der Waals surface area contributed by atoms with E-state index in [4.69, 9.17) is 49.6 Å². The molecule has 4 heterocycles. The van der Waals surface area contributed by atoms with Crippen molar-refractivity contribution in [2.75, 3.05) is 11.9 Å². The van der Waals surface area contributed by atoms with Crippen LogP contribution < -0.4 is 10.1 Å². The average Bonchev–Trinajstić information content (AvgIpc) is 3.33. The number of halogens is 2. The Morgan fingerprint density at radius 1 is 0.782 bits per heavy atom. The maximum Gasteiger partial charge on any atom is 0.411 e. The van der Waals surface area contributed by atoms with E-state index in [1.807, 2.05) is 71.9 Å². The zero-order valence-electron chi connectivity index (χ0n) is 31.8. The highest BCUT2D eigenvalue weighted by Crippen LogP contribution is 2.37. The molecule has 0 spiro atoms. The summed E-state index contributed by atoms with van der Waals surface area (Å²) < 4.78 is 19.1. The average molecular weight is 810 g/mol. The summed E-state index contributed by atoms with van der Waals surface area (Å²) in [7, 11) is 0. The first-order chi connectivity index (χ1) is 26.0. The molecular formula is C39H46Cl2N8O5S. The summed E-state index contributed by atoms with van der Waals surface area (Å²) in [4.78, 5) is 37.3. The molecule has 2 aliphatic heterocycles. The van der Waals surface area contributed by atoms with Gasteiger partial charge in [-0.05, 0) is 121 Å². The van der Waals surface area contributed by atoms with Crippen molar-refractivity contribution in [3.05, 3.63) is 87.7 Å². The molecule has 0 unspecified atom stereocenters. The van der Waals surface area contributed by atoms with Crippen molar-refractivity contribution in [3.8, 4) is 11.7 Å². The van der Waals surface area contributed by atoms with Gasteiger partial charge >= 0.3 is 18.2 Å². The van der Waals surface area contributed by atoms with E-state index >= 15 is 0 Å². The highest BCUT2D eigenvalue weighted by Gasteiger charge is 2.34. The number of hydrogen-bond acceptors (Lipinski definition) is 10. The van der Waals surface area contributed by atoms with Gasteiger partial charge in [-0.3, -0.25) is 14.4 Å². The minimum atomic E-state index is -0.592. The minimum Gasteiger partial charge on any atom is -0.460 e. The van der Waals surface area contributed by atoms with Crippen LogP contribution in [0.5, 0.6) is 6.01 Å². The van der Waals surface area contributed by atoms with Crippen LogP contribution in [0.1, 0.15) is 95.9 Å². The number of anilines is 1. The van der Waals surface area contributed by atoms with Gasteiger partial charge in [0.1, 0.15) is 23.1 Å². The van der Waals surface area contributed by atoms with Crippen LogP contribution in [0.25, 0.3) is 5.69 Å². The van der Waals surface area contributed by atoms with E-state index in [1.165, 1.54) is 0 Å². The SMILES string of the molecule is CC(C)(C)OC(=O)N1CC(=S)Nc2ccc(Cl)cc2C1.CC(C)(C)OC(=O)N1Cc2cc(Cl)ccc2-n2c(nnc2C2CCC(Oc3ncccn3)CC2)C1. The second-order valence-electron chi connectivity index (χ2n) is 15.7. The third-order valence-electron chi connectivity index (χ3n) is 8.92. The molecule has 2 aromatic heterocycles. The number of rotatable bonds is 3. The van der Waals surface area contributed by atoms with E-state index < -0.39 is 11.2 Å². The lowest BCUT2D eigenvalue weighted by Gasteiger charge is -2.28. The van der Waals surface area contributed by atoms with Gasteiger partial charge in [-0.2, -0.15) is 0 Å². The van der Waals surface area contributed by atoms with Gasteiger partial charge < -0.3 is 19.5 Å². The molecule has 4 aromatic rings. The second-order valence-corrected chi connectivity index (χ2v) is 17.1. The van der Waals surface area contributed by atoms with Gasteiger partial charge in [0.2, 0.25) is 0 Å². The number of ether oxygens (including phenoxy) is 3. The zero-order valence-corrected chi connectivity index (χ0v) is 34.2. The van der Waals surface area contributed by atoms with Crippen LogP contribution in [-0.4, -0.2) is 75.6 Å². The molecule has 1 N–H and O–H groups in total. The number of benzene rings is 2. The predicted molar refractivity (Wildman–Crippen MR) is 214 cm³/mol. The smallest absolute Gasteiger partial charge is 0.411 e. The molecule has 0 bridgehead atoms. The highest BCUT2D eigenvalue weighted by atomic mass is 35.5. The molecule has 292 valence electrons. The lowest BCUT2D eigenvalue weighted by atomic mass is 9.86. The number of thiocarbonyl (C=S) groups is 1. The van der Waals surface area contributed by atoms with E-state index in [0.717, 1.165) is 54.0 Å². The van der Waals surface area contributed by atoms with Crippen molar-refractivity contribution >= 4 is 58.3 Å². The van der Waals surface area contributed by atoms with Gasteiger partial charge in [-0.15, -0.1) is 10.2 Å². The Balaban J connectivity index is 0.000000219. The predicted octanol–water partition coefficient (Wildman–Crippen LogP) is 8.90. The molecule has 7 rings (SSSR count). The molecule has 1 saturated carbocycles. The van der Waals surface area contributed by atoms with Crippen LogP contribution >= 0.6 is 35.4 Å². The van der Waals surface area contributed by atoms with Gasteiger partial charge in [0.05, 0.1) is 36.9 Å². The Morgan fingerprint density at radius 2 is 1.36 bits per heavy atom. The summed E-state index contributed by atoms with van der Waals surface area (Å²) >= 11 is 17.6. The van der Waals surface area contributed by atoms with Crippen molar-refractivity contribution in [2.45, 2.75) is 110 Å². The summed E-state index contributed by atoms with van der Waals surface area (Å²) in [6, 6.07) is 13.4. The van der Waals surface area contributed by atoms with Crippen LogP contribution in [0, 0.1) is 0 Å². The number of fused-ring (bicyclic) bond motifs is 4. The van der Waals surface area contributed by atoms with Crippen molar-refractivity contribution < 1.29 is 23.8 Å². The Labute approximate surface area is 336 Å². The van der Waals surface area contributed by atoms with Crippen LogP contribution in [0.2, 0.25) is 10.0 Å². The molecule has 2 aromatic carbocycles. The topological polar surface area (TPSA) is 137 Å². The fourth-order valence-corrected chi connectivity index (χ4v) is 7.23. The Kier molecular flexibility index (Phi) is 12.2. The summed E-state index contributed by atoms with van der Waals surface area (Å²) in [6.45, 7) is 12.5. The largest absolute Gasteiger partial charge is 0.460 e. The molecule has 1 aliphatic carbocycles. The molecular weight excluding hydrogens is 763 g/mol. The molecule has 0 saturated heterocycles. The number of carbonyl (C=O) groups is 2. The first-order valence-electron chi connectivity index (χ1n) is 18.2. The van der Waals surface area contributed by atoms with E-state index in [-0.39, 0.29) is 24.2 Å². The van der Waals surface area contributed by atoms with E-state index in [1.54, 1.807) is 34.3 Å². The van der Waals surface area contributed by atoms with Crippen LogP contribution in [0.15, 0.2) is 54.9 Å². The summed E-state index contributed by atoms with van der Waals surface area (Å²) in [5, 5.41) is 13.5. The van der Waals surface area contributed by atoms with Gasteiger partial charge in [0.25, 0.3) is 0 Å². The first kappa shape index (κ1) is 40.1. The fraction of sp³-hybridized carbons (Fsp3) is 0.462. The van der Waals surface area contributed by atoms with E-state index in [0.29, 0.717) is 53.0 Å². The zero-order chi connectivity index (χ0) is 39.5. The quantitative estimate of drug-likeness (QED) is 0.199. The highest BCUT2D eigenvalue weighted by molar-refractivity contribution is 7.80. The van der Waals surface area contributed by atoms with Gasteiger partial charge in [0.15, 0.2) is 5.82 Å². The summed E-state index contributed by atoms with van der Waals surface area (Å²) in [6.07, 6.45) is 6.26. The molecule has 0 atom stereocenters. The molecule has 0 radical (unpaired) electrons. The van der Waals surface area contributed by atoms with Crippen LogP contribution in [0.3, 0.4) is 0 Å².